The number of ketones is 1. The molecule has 1 fully saturated rings. The average Bonchev–Trinajstić information content (AvgIpc) is 3.18. The molecule has 0 unspecified atom stereocenters. The topological polar surface area (TPSA) is 53.1 Å². The number of carbonyl (C=O) groups excluding carboxylic acids is 2. The molecule has 6 heteroatoms. The Morgan fingerprint density at radius 1 is 0.966 bits per heavy atom. The third kappa shape index (κ3) is 4.12. The summed E-state index contributed by atoms with van der Waals surface area (Å²) in [6.07, 6.45) is 0.816. The van der Waals surface area contributed by atoms with E-state index in [-0.39, 0.29) is 11.7 Å². The van der Waals surface area contributed by atoms with E-state index in [1.807, 2.05) is 30.3 Å². The Morgan fingerprint density at radius 3 is 2.34 bits per heavy atom. The predicted octanol–water partition coefficient (Wildman–Crippen LogP) is 2.61. The minimum absolute atomic E-state index is 0.0533. The van der Waals surface area contributed by atoms with Gasteiger partial charge < -0.3 is 14.5 Å². The molecule has 0 saturated carbocycles. The van der Waals surface area contributed by atoms with Crippen LogP contribution < -0.4 is 14.5 Å². The lowest BCUT2D eigenvalue weighted by Gasteiger charge is -2.35. The summed E-state index contributed by atoms with van der Waals surface area (Å²) in [7, 11) is 1.67. The van der Waals surface area contributed by atoms with Gasteiger partial charge in [-0.2, -0.15) is 0 Å². The molecule has 0 radical (unpaired) electrons. The molecule has 2 aliphatic rings. The quantitative estimate of drug-likeness (QED) is 0.731. The molecule has 4 rings (SSSR count). The van der Waals surface area contributed by atoms with E-state index in [1.165, 1.54) is 5.69 Å². The molecule has 2 aromatic rings. The lowest BCUT2D eigenvalue weighted by Crippen LogP contribution is -2.48. The average molecular weight is 393 g/mol. The zero-order chi connectivity index (χ0) is 20.4. The molecule has 0 atom stereocenters. The standard InChI is InChI=1S/C23H27N3O3/c1-17(27)26-10-9-18-15-19(3-8-22(18)26)23(28)16-24-11-13-25(14-12-24)20-4-6-21(29-2)7-5-20/h3-8,15H,9-14,16H2,1-2H3. The number of fused-ring (bicyclic) bond motifs is 1. The predicted molar refractivity (Wildman–Crippen MR) is 114 cm³/mol. The maximum Gasteiger partial charge on any atom is 0.223 e. The molecule has 0 aliphatic carbocycles. The van der Waals surface area contributed by atoms with Crippen LogP contribution in [0.1, 0.15) is 22.8 Å². The van der Waals surface area contributed by atoms with Gasteiger partial charge in [-0.05, 0) is 54.4 Å². The van der Waals surface area contributed by atoms with Crippen LogP contribution in [-0.2, 0) is 11.2 Å². The van der Waals surface area contributed by atoms with E-state index < -0.39 is 0 Å². The molecule has 2 aromatic carbocycles. The van der Waals surface area contributed by atoms with Gasteiger partial charge in [0.05, 0.1) is 13.7 Å². The molecule has 2 aliphatic heterocycles. The number of anilines is 2. The van der Waals surface area contributed by atoms with Crippen LogP contribution in [0.25, 0.3) is 0 Å². The van der Waals surface area contributed by atoms with Crippen LogP contribution in [0, 0.1) is 0 Å². The maximum absolute atomic E-state index is 12.8. The number of piperazine rings is 1. The highest BCUT2D eigenvalue weighted by Gasteiger charge is 2.24. The van der Waals surface area contributed by atoms with Crippen molar-refractivity contribution in [1.82, 2.24) is 4.90 Å². The molecule has 2 heterocycles. The Labute approximate surface area is 171 Å². The van der Waals surface area contributed by atoms with Gasteiger partial charge in [-0.3, -0.25) is 14.5 Å². The number of methoxy groups -OCH3 is 1. The monoisotopic (exact) mass is 393 g/mol. The Bertz CT molecular complexity index is 902. The number of nitrogens with zero attached hydrogens (tertiary/aromatic N) is 3. The first-order valence-corrected chi connectivity index (χ1v) is 10.1. The van der Waals surface area contributed by atoms with E-state index >= 15 is 0 Å². The summed E-state index contributed by atoms with van der Waals surface area (Å²) >= 11 is 0. The molecule has 1 saturated heterocycles. The van der Waals surface area contributed by atoms with E-state index in [0.29, 0.717) is 13.1 Å². The summed E-state index contributed by atoms with van der Waals surface area (Å²) in [6.45, 7) is 6.25. The van der Waals surface area contributed by atoms with E-state index in [0.717, 1.165) is 55.2 Å². The summed E-state index contributed by atoms with van der Waals surface area (Å²) in [5, 5.41) is 0. The van der Waals surface area contributed by atoms with Crippen molar-refractivity contribution >= 4 is 23.1 Å². The molecular formula is C23H27N3O3. The highest BCUT2D eigenvalue weighted by atomic mass is 16.5. The molecule has 0 spiro atoms. The SMILES string of the molecule is COc1ccc(N2CCN(CC(=O)c3ccc4c(c3)CCN4C(C)=O)CC2)cc1. The number of Topliss-reactive ketones (excluding diaryl/α,β-unsaturated/α-hetero) is 1. The molecule has 0 N–H and O–H groups in total. The van der Waals surface area contributed by atoms with E-state index in [1.54, 1.807) is 18.9 Å². The van der Waals surface area contributed by atoms with E-state index in [2.05, 4.69) is 21.9 Å². The fraction of sp³-hybridized carbons (Fsp3) is 0.391. The van der Waals surface area contributed by atoms with Crippen molar-refractivity contribution in [2.75, 3.05) is 56.2 Å². The van der Waals surface area contributed by atoms with Gasteiger partial charge in [-0.25, -0.2) is 0 Å². The number of amides is 1. The Kier molecular flexibility index (Phi) is 5.53. The highest BCUT2D eigenvalue weighted by molar-refractivity contribution is 6.00. The molecule has 152 valence electrons. The molecule has 0 aromatic heterocycles. The van der Waals surface area contributed by atoms with Crippen LogP contribution in [0.4, 0.5) is 11.4 Å². The number of hydrogen-bond donors (Lipinski definition) is 0. The summed E-state index contributed by atoms with van der Waals surface area (Å²) in [5.41, 5.74) is 3.97. The lowest BCUT2D eigenvalue weighted by molar-refractivity contribution is -0.116. The number of carbonyl (C=O) groups is 2. The number of benzene rings is 2. The van der Waals surface area contributed by atoms with E-state index in [9.17, 15) is 9.59 Å². The van der Waals surface area contributed by atoms with Crippen molar-refractivity contribution in [3.8, 4) is 5.75 Å². The van der Waals surface area contributed by atoms with Crippen molar-refractivity contribution in [3.05, 3.63) is 53.6 Å². The molecular weight excluding hydrogens is 366 g/mol. The van der Waals surface area contributed by atoms with E-state index in [4.69, 9.17) is 4.74 Å². The maximum atomic E-state index is 12.8. The summed E-state index contributed by atoms with van der Waals surface area (Å²) in [4.78, 5) is 30.8. The second-order valence-electron chi connectivity index (χ2n) is 7.65. The fourth-order valence-electron chi connectivity index (χ4n) is 4.15. The van der Waals surface area contributed by atoms with Crippen LogP contribution in [0.5, 0.6) is 5.75 Å². The van der Waals surface area contributed by atoms with Crippen molar-refractivity contribution < 1.29 is 14.3 Å². The second kappa shape index (κ2) is 8.25. The fourth-order valence-corrected chi connectivity index (χ4v) is 4.15. The normalized spacial score (nSPS) is 16.6. The smallest absolute Gasteiger partial charge is 0.223 e. The summed E-state index contributed by atoms with van der Waals surface area (Å²) in [5.74, 6) is 1.06. The number of hydrogen-bond acceptors (Lipinski definition) is 5. The summed E-state index contributed by atoms with van der Waals surface area (Å²) in [6, 6.07) is 13.9. The first-order chi connectivity index (χ1) is 14.0. The Hall–Kier alpha value is -2.86. The third-order valence-corrected chi connectivity index (χ3v) is 5.85. The largest absolute Gasteiger partial charge is 0.497 e. The molecule has 6 nitrogen and oxygen atoms in total. The number of rotatable bonds is 5. The van der Waals surface area contributed by atoms with Gasteiger partial charge in [0, 0.05) is 56.6 Å². The minimum atomic E-state index is 0.0533. The minimum Gasteiger partial charge on any atom is -0.497 e. The van der Waals surface area contributed by atoms with Crippen LogP contribution in [-0.4, -0.2) is 63.0 Å². The van der Waals surface area contributed by atoms with Gasteiger partial charge in [-0.15, -0.1) is 0 Å². The Morgan fingerprint density at radius 2 is 1.69 bits per heavy atom. The second-order valence-corrected chi connectivity index (χ2v) is 7.65. The van der Waals surface area contributed by atoms with Crippen molar-refractivity contribution in [1.29, 1.82) is 0 Å². The van der Waals surface area contributed by atoms with Gasteiger partial charge in [-0.1, -0.05) is 0 Å². The first-order valence-electron chi connectivity index (χ1n) is 10.1. The van der Waals surface area contributed by atoms with Crippen LogP contribution in [0.3, 0.4) is 0 Å². The lowest BCUT2D eigenvalue weighted by atomic mass is 10.0. The zero-order valence-electron chi connectivity index (χ0n) is 17.1. The van der Waals surface area contributed by atoms with Gasteiger partial charge >= 0.3 is 0 Å². The number of ether oxygens (including phenoxy) is 1. The van der Waals surface area contributed by atoms with Gasteiger partial charge in [0.1, 0.15) is 5.75 Å². The van der Waals surface area contributed by atoms with Gasteiger partial charge in [0.15, 0.2) is 5.78 Å². The third-order valence-electron chi connectivity index (χ3n) is 5.85. The highest BCUT2D eigenvalue weighted by Crippen LogP contribution is 2.29. The van der Waals surface area contributed by atoms with Gasteiger partial charge in [0.25, 0.3) is 0 Å². The van der Waals surface area contributed by atoms with Crippen molar-refractivity contribution in [2.24, 2.45) is 0 Å². The van der Waals surface area contributed by atoms with Crippen LogP contribution in [0.15, 0.2) is 42.5 Å². The molecule has 0 bridgehead atoms. The van der Waals surface area contributed by atoms with Gasteiger partial charge in [0.2, 0.25) is 5.91 Å². The summed E-state index contributed by atoms with van der Waals surface area (Å²) < 4.78 is 5.22. The van der Waals surface area contributed by atoms with Crippen LogP contribution >= 0.6 is 0 Å². The molecule has 29 heavy (non-hydrogen) atoms. The van der Waals surface area contributed by atoms with Crippen LogP contribution in [0.2, 0.25) is 0 Å². The first kappa shape index (κ1) is 19.5. The Balaban J connectivity index is 1.34. The van der Waals surface area contributed by atoms with Crippen molar-refractivity contribution in [3.63, 3.8) is 0 Å². The molecule has 1 amide bonds. The zero-order valence-corrected chi connectivity index (χ0v) is 17.1. The van der Waals surface area contributed by atoms with Crippen molar-refractivity contribution in [2.45, 2.75) is 13.3 Å².